The standard InChI is InChI=1S/C27H33N3O7/c28-15-18-3-7-19(8-4-18)23(32)29-16-20(24(33)34)14-27(11-1-2-12-27)26(37)30-22(25(35)36)13-17-5-9-21(31)10-6-17/h3-10,20,22,31H,1-2,11-16,28H2,(H,29,32)(H,30,37)(H,33,34)(H,35,36)/t20-,22-/m0/s1. The molecule has 2 aromatic rings. The minimum absolute atomic E-state index is 0.0127. The van der Waals surface area contributed by atoms with Crippen molar-refractivity contribution < 1.29 is 34.5 Å². The lowest BCUT2D eigenvalue weighted by Gasteiger charge is -2.32. The number of hydrogen-bond acceptors (Lipinski definition) is 6. The van der Waals surface area contributed by atoms with Crippen LogP contribution in [0.15, 0.2) is 48.5 Å². The van der Waals surface area contributed by atoms with Crippen LogP contribution in [-0.2, 0) is 27.3 Å². The lowest BCUT2D eigenvalue weighted by atomic mass is 9.76. The number of carboxylic acids is 2. The average molecular weight is 512 g/mol. The van der Waals surface area contributed by atoms with Gasteiger partial charge in [0.05, 0.1) is 11.3 Å². The van der Waals surface area contributed by atoms with Crippen LogP contribution in [0.2, 0.25) is 0 Å². The van der Waals surface area contributed by atoms with E-state index in [1.807, 2.05) is 0 Å². The molecule has 2 aromatic carbocycles. The molecule has 0 spiro atoms. The van der Waals surface area contributed by atoms with E-state index in [2.05, 4.69) is 10.6 Å². The van der Waals surface area contributed by atoms with Crippen LogP contribution in [0.25, 0.3) is 0 Å². The first kappa shape index (κ1) is 27.7. The molecule has 0 radical (unpaired) electrons. The number of rotatable bonds is 12. The van der Waals surface area contributed by atoms with Gasteiger partial charge in [0.2, 0.25) is 5.91 Å². The second-order valence-electron chi connectivity index (χ2n) is 9.57. The first-order valence-electron chi connectivity index (χ1n) is 12.3. The van der Waals surface area contributed by atoms with E-state index in [1.165, 1.54) is 12.1 Å². The number of aromatic hydroxyl groups is 1. The lowest BCUT2D eigenvalue weighted by molar-refractivity contribution is -0.147. The summed E-state index contributed by atoms with van der Waals surface area (Å²) >= 11 is 0. The molecule has 0 aromatic heterocycles. The largest absolute Gasteiger partial charge is 0.508 e. The van der Waals surface area contributed by atoms with Crippen molar-refractivity contribution in [3.63, 3.8) is 0 Å². The number of amides is 2. The van der Waals surface area contributed by atoms with Gasteiger partial charge in [0.1, 0.15) is 11.8 Å². The summed E-state index contributed by atoms with van der Waals surface area (Å²) in [4.78, 5) is 49.9. The van der Waals surface area contributed by atoms with Crippen molar-refractivity contribution in [3.8, 4) is 5.75 Å². The Hall–Kier alpha value is -3.92. The van der Waals surface area contributed by atoms with E-state index in [9.17, 15) is 34.5 Å². The van der Waals surface area contributed by atoms with E-state index >= 15 is 0 Å². The van der Waals surface area contributed by atoms with Gasteiger partial charge in [-0.1, -0.05) is 37.1 Å². The molecule has 1 aliphatic carbocycles. The van der Waals surface area contributed by atoms with E-state index in [1.54, 1.807) is 36.4 Å². The van der Waals surface area contributed by atoms with Crippen LogP contribution in [0.1, 0.15) is 53.6 Å². The zero-order valence-electron chi connectivity index (χ0n) is 20.5. The molecule has 7 N–H and O–H groups in total. The number of phenols is 1. The molecular formula is C27H33N3O7. The molecule has 10 heteroatoms. The van der Waals surface area contributed by atoms with Crippen molar-refractivity contribution >= 4 is 23.8 Å². The van der Waals surface area contributed by atoms with Gasteiger partial charge >= 0.3 is 11.9 Å². The van der Waals surface area contributed by atoms with Crippen molar-refractivity contribution in [2.45, 2.75) is 51.1 Å². The molecule has 1 fully saturated rings. The van der Waals surface area contributed by atoms with Crippen LogP contribution in [0.4, 0.5) is 0 Å². The zero-order chi connectivity index (χ0) is 27.0. The first-order valence-corrected chi connectivity index (χ1v) is 12.3. The summed E-state index contributed by atoms with van der Waals surface area (Å²) < 4.78 is 0. The van der Waals surface area contributed by atoms with Crippen LogP contribution in [-0.4, -0.2) is 51.7 Å². The maximum atomic E-state index is 13.4. The van der Waals surface area contributed by atoms with E-state index in [4.69, 9.17) is 5.73 Å². The van der Waals surface area contributed by atoms with Gasteiger partial charge in [-0.25, -0.2) is 4.79 Å². The normalized spacial score (nSPS) is 15.9. The summed E-state index contributed by atoms with van der Waals surface area (Å²) in [5.41, 5.74) is 6.38. The fourth-order valence-corrected chi connectivity index (χ4v) is 4.78. The number of phenolic OH excluding ortho intramolecular Hbond substituents is 1. The predicted octanol–water partition coefficient (Wildman–Crippen LogP) is 2.04. The van der Waals surface area contributed by atoms with Gasteiger partial charge in [0, 0.05) is 25.1 Å². The van der Waals surface area contributed by atoms with Crippen molar-refractivity contribution in [2.75, 3.05) is 6.54 Å². The van der Waals surface area contributed by atoms with Crippen LogP contribution in [0, 0.1) is 11.3 Å². The Bertz CT molecular complexity index is 1110. The maximum absolute atomic E-state index is 13.4. The second kappa shape index (κ2) is 12.4. The number of carboxylic acid groups (broad SMARTS) is 2. The molecule has 0 heterocycles. The highest BCUT2D eigenvalue weighted by Crippen LogP contribution is 2.43. The lowest BCUT2D eigenvalue weighted by Crippen LogP contribution is -2.50. The van der Waals surface area contributed by atoms with Gasteiger partial charge in [0.25, 0.3) is 5.91 Å². The molecule has 0 saturated heterocycles. The van der Waals surface area contributed by atoms with Crippen LogP contribution in [0.5, 0.6) is 5.75 Å². The van der Waals surface area contributed by atoms with Gasteiger partial charge in [-0.15, -0.1) is 0 Å². The van der Waals surface area contributed by atoms with Crippen molar-refractivity contribution in [1.29, 1.82) is 0 Å². The van der Waals surface area contributed by atoms with E-state index in [-0.39, 0.29) is 25.1 Å². The van der Waals surface area contributed by atoms with Crippen LogP contribution < -0.4 is 16.4 Å². The SMILES string of the molecule is NCc1ccc(C(=O)NC[C@H](CC2(C(=O)N[C@@H](Cc3ccc(O)cc3)C(=O)O)CCCC2)C(=O)O)cc1. The zero-order valence-corrected chi connectivity index (χ0v) is 20.5. The number of nitrogens with one attached hydrogen (secondary N) is 2. The van der Waals surface area contributed by atoms with Crippen LogP contribution in [0.3, 0.4) is 0 Å². The van der Waals surface area contributed by atoms with Crippen molar-refractivity contribution in [2.24, 2.45) is 17.1 Å². The quantitative estimate of drug-likeness (QED) is 0.250. The Kier molecular flexibility index (Phi) is 9.24. The summed E-state index contributed by atoms with van der Waals surface area (Å²) in [6.07, 6.45) is 2.29. The van der Waals surface area contributed by atoms with Gasteiger partial charge in [-0.05, 0) is 54.7 Å². The summed E-state index contributed by atoms with van der Waals surface area (Å²) in [7, 11) is 0. The van der Waals surface area contributed by atoms with E-state index < -0.39 is 41.1 Å². The number of hydrogen-bond donors (Lipinski definition) is 6. The van der Waals surface area contributed by atoms with Gasteiger partial charge in [-0.3, -0.25) is 14.4 Å². The molecule has 1 saturated carbocycles. The summed E-state index contributed by atoms with van der Waals surface area (Å²) in [6, 6.07) is 11.5. The third-order valence-corrected chi connectivity index (χ3v) is 6.97. The van der Waals surface area contributed by atoms with Crippen molar-refractivity contribution in [1.82, 2.24) is 10.6 Å². The number of nitrogens with two attached hydrogens (primary N) is 1. The smallest absolute Gasteiger partial charge is 0.326 e. The summed E-state index contributed by atoms with van der Waals surface area (Å²) in [6.45, 7) is 0.169. The maximum Gasteiger partial charge on any atom is 0.326 e. The molecular weight excluding hydrogens is 478 g/mol. The Morgan fingerprint density at radius 1 is 0.892 bits per heavy atom. The van der Waals surface area contributed by atoms with Gasteiger partial charge in [0.15, 0.2) is 0 Å². The van der Waals surface area contributed by atoms with Crippen molar-refractivity contribution in [3.05, 3.63) is 65.2 Å². The fraction of sp³-hybridized carbons (Fsp3) is 0.407. The molecule has 10 nitrogen and oxygen atoms in total. The topological polar surface area (TPSA) is 179 Å². The average Bonchev–Trinajstić information content (AvgIpc) is 3.37. The Morgan fingerprint density at radius 2 is 1.49 bits per heavy atom. The first-order chi connectivity index (χ1) is 17.6. The molecule has 2 atom stereocenters. The number of aliphatic carboxylic acids is 2. The highest BCUT2D eigenvalue weighted by Gasteiger charge is 2.45. The van der Waals surface area contributed by atoms with Crippen LogP contribution >= 0.6 is 0 Å². The highest BCUT2D eigenvalue weighted by molar-refractivity contribution is 5.94. The minimum Gasteiger partial charge on any atom is -0.508 e. The van der Waals surface area contributed by atoms with E-state index in [0.29, 0.717) is 30.5 Å². The third-order valence-electron chi connectivity index (χ3n) is 6.97. The molecule has 0 bridgehead atoms. The molecule has 3 rings (SSSR count). The Morgan fingerprint density at radius 3 is 2.03 bits per heavy atom. The molecule has 1 aliphatic rings. The number of carbonyl (C=O) groups is 4. The Labute approximate surface area is 214 Å². The van der Waals surface area contributed by atoms with Gasteiger partial charge < -0.3 is 31.7 Å². The number of benzene rings is 2. The number of carbonyl (C=O) groups excluding carboxylic acids is 2. The third kappa shape index (κ3) is 7.29. The summed E-state index contributed by atoms with van der Waals surface area (Å²) in [5, 5.41) is 34.3. The highest BCUT2D eigenvalue weighted by atomic mass is 16.4. The minimum atomic E-state index is -1.21. The van der Waals surface area contributed by atoms with Gasteiger partial charge in [-0.2, -0.15) is 0 Å². The molecule has 37 heavy (non-hydrogen) atoms. The fourth-order valence-electron chi connectivity index (χ4n) is 4.78. The molecule has 0 aliphatic heterocycles. The molecule has 2 amide bonds. The second-order valence-corrected chi connectivity index (χ2v) is 9.57. The Balaban J connectivity index is 1.69. The van der Waals surface area contributed by atoms with E-state index in [0.717, 1.165) is 18.4 Å². The predicted molar refractivity (Wildman–Crippen MR) is 135 cm³/mol. The molecule has 0 unspecified atom stereocenters. The summed E-state index contributed by atoms with van der Waals surface area (Å²) in [5.74, 6) is -4.26. The molecule has 198 valence electrons. The monoisotopic (exact) mass is 511 g/mol.